The summed E-state index contributed by atoms with van der Waals surface area (Å²) in [6, 6.07) is 19.5. The van der Waals surface area contributed by atoms with Crippen LogP contribution in [0.4, 0.5) is 5.13 Å². The average molecular weight is 303 g/mol. The summed E-state index contributed by atoms with van der Waals surface area (Å²) in [5.41, 5.74) is 5.51. The van der Waals surface area contributed by atoms with Crippen molar-refractivity contribution in [2.45, 2.75) is 0 Å². The molecule has 0 aliphatic heterocycles. The second kappa shape index (κ2) is 6.04. The molecule has 0 amide bonds. The molecule has 0 fully saturated rings. The summed E-state index contributed by atoms with van der Waals surface area (Å²) in [5.74, 6) is 0. The highest BCUT2D eigenvalue weighted by Crippen LogP contribution is 2.30. The van der Waals surface area contributed by atoms with E-state index in [1.807, 2.05) is 30.3 Å². The first-order chi connectivity index (χ1) is 10.8. The molecule has 22 heavy (non-hydrogen) atoms. The Labute approximate surface area is 130 Å². The maximum atomic E-state index is 8.65. The van der Waals surface area contributed by atoms with Crippen LogP contribution in [-0.4, -0.2) is 10.7 Å². The third-order valence-electron chi connectivity index (χ3n) is 2.97. The normalized spacial score (nSPS) is 9.73. The minimum absolute atomic E-state index is 0.232. The minimum Gasteiger partial charge on any atom is -0.251 e. The second-order valence-electron chi connectivity index (χ2n) is 4.36. The standard InChI is InChI=1S/C16H9N5S/c17-9-13(10-18)20-21-16-19-14-7-6-12(8-15(14)22-16)11-4-2-1-3-5-11/h1-8H,(H,19,21). The Bertz CT molecular complexity index is 913. The Morgan fingerprint density at radius 2 is 1.82 bits per heavy atom. The number of aromatic nitrogens is 1. The molecule has 0 atom stereocenters. The molecule has 0 bridgehead atoms. The lowest BCUT2D eigenvalue weighted by atomic mass is 10.1. The van der Waals surface area contributed by atoms with E-state index in [1.165, 1.54) is 11.3 Å². The van der Waals surface area contributed by atoms with Gasteiger partial charge in [-0.2, -0.15) is 15.6 Å². The highest BCUT2D eigenvalue weighted by Gasteiger charge is 2.05. The SMILES string of the molecule is N#CC(C#N)=NNc1nc2ccc(-c3ccccc3)cc2s1. The Kier molecular flexibility index (Phi) is 3.78. The summed E-state index contributed by atoms with van der Waals surface area (Å²) < 4.78 is 1.01. The lowest BCUT2D eigenvalue weighted by Gasteiger charge is -2.00. The van der Waals surface area contributed by atoms with Crippen LogP contribution in [0.25, 0.3) is 21.3 Å². The number of nitrogens with one attached hydrogen (secondary N) is 1. The van der Waals surface area contributed by atoms with Crippen molar-refractivity contribution < 1.29 is 0 Å². The maximum Gasteiger partial charge on any atom is 0.237 e. The van der Waals surface area contributed by atoms with Gasteiger partial charge in [0.25, 0.3) is 0 Å². The van der Waals surface area contributed by atoms with E-state index < -0.39 is 0 Å². The van der Waals surface area contributed by atoms with E-state index in [0.29, 0.717) is 5.13 Å². The molecule has 1 N–H and O–H groups in total. The lowest BCUT2D eigenvalue weighted by Crippen LogP contribution is -1.95. The molecule has 2 aromatic carbocycles. The van der Waals surface area contributed by atoms with Crippen molar-refractivity contribution in [2.24, 2.45) is 5.10 Å². The van der Waals surface area contributed by atoms with Crippen molar-refractivity contribution in [1.29, 1.82) is 10.5 Å². The van der Waals surface area contributed by atoms with Crippen LogP contribution in [0.1, 0.15) is 0 Å². The smallest absolute Gasteiger partial charge is 0.237 e. The maximum absolute atomic E-state index is 8.65. The van der Waals surface area contributed by atoms with Gasteiger partial charge in [0.2, 0.25) is 10.8 Å². The molecule has 0 saturated carbocycles. The second-order valence-corrected chi connectivity index (χ2v) is 5.39. The summed E-state index contributed by atoms with van der Waals surface area (Å²) in [6.45, 7) is 0. The quantitative estimate of drug-likeness (QED) is 0.589. The fourth-order valence-corrected chi connectivity index (χ4v) is 2.81. The van der Waals surface area contributed by atoms with E-state index in [0.717, 1.165) is 21.3 Å². The molecule has 0 saturated heterocycles. The van der Waals surface area contributed by atoms with Gasteiger partial charge in [-0.1, -0.05) is 47.7 Å². The first-order valence-corrected chi connectivity index (χ1v) is 7.22. The van der Waals surface area contributed by atoms with Gasteiger partial charge in [0, 0.05) is 0 Å². The molecule has 3 rings (SSSR count). The van der Waals surface area contributed by atoms with Gasteiger partial charge in [0.05, 0.1) is 10.2 Å². The highest BCUT2D eigenvalue weighted by molar-refractivity contribution is 7.22. The third kappa shape index (κ3) is 2.78. The number of anilines is 1. The first-order valence-electron chi connectivity index (χ1n) is 6.40. The zero-order valence-electron chi connectivity index (χ0n) is 11.3. The van der Waals surface area contributed by atoms with Gasteiger partial charge in [0.15, 0.2) is 0 Å². The molecular weight excluding hydrogens is 294 g/mol. The number of thiazole rings is 1. The number of hydrazone groups is 1. The van der Waals surface area contributed by atoms with Crippen LogP contribution in [0.5, 0.6) is 0 Å². The monoisotopic (exact) mass is 303 g/mol. The van der Waals surface area contributed by atoms with Gasteiger partial charge < -0.3 is 0 Å². The molecule has 0 spiro atoms. The van der Waals surface area contributed by atoms with Crippen molar-refractivity contribution in [2.75, 3.05) is 5.43 Å². The van der Waals surface area contributed by atoms with Crippen LogP contribution in [0.2, 0.25) is 0 Å². The van der Waals surface area contributed by atoms with Crippen LogP contribution in [-0.2, 0) is 0 Å². The number of benzene rings is 2. The number of fused-ring (bicyclic) bond motifs is 1. The van der Waals surface area contributed by atoms with Crippen LogP contribution in [0.15, 0.2) is 53.6 Å². The zero-order valence-corrected chi connectivity index (χ0v) is 12.1. The molecule has 1 heterocycles. The van der Waals surface area contributed by atoms with Gasteiger partial charge in [-0.25, -0.2) is 4.98 Å². The number of rotatable bonds is 3. The Hall–Kier alpha value is -3.22. The number of nitrogens with zero attached hydrogens (tertiary/aromatic N) is 4. The Morgan fingerprint density at radius 3 is 2.55 bits per heavy atom. The first kappa shape index (κ1) is 13.7. The summed E-state index contributed by atoms with van der Waals surface area (Å²) in [7, 11) is 0. The minimum atomic E-state index is -0.232. The third-order valence-corrected chi connectivity index (χ3v) is 3.89. The molecule has 0 radical (unpaired) electrons. The van der Waals surface area contributed by atoms with E-state index in [4.69, 9.17) is 10.5 Å². The van der Waals surface area contributed by atoms with Gasteiger partial charge >= 0.3 is 0 Å². The van der Waals surface area contributed by atoms with Crippen LogP contribution >= 0.6 is 11.3 Å². The highest BCUT2D eigenvalue weighted by atomic mass is 32.1. The summed E-state index contributed by atoms with van der Waals surface area (Å²) >= 11 is 1.42. The predicted molar refractivity (Wildman–Crippen MR) is 87.3 cm³/mol. The molecule has 0 unspecified atom stereocenters. The van der Waals surface area contributed by atoms with E-state index in [1.54, 1.807) is 12.1 Å². The zero-order chi connectivity index (χ0) is 15.4. The van der Waals surface area contributed by atoms with E-state index in [2.05, 4.69) is 33.7 Å². The Morgan fingerprint density at radius 1 is 1.05 bits per heavy atom. The van der Waals surface area contributed by atoms with Crippen molar-refractivity contribution >= 4 is 32.4 Å². The molecule has 6 heteroatoms. The van der Waals surface area contributed by atoms with E-state index in [-0.39, 0.29) is 5.71 Å². The average Bonchev–Trinajstić information content (AvgIpc) is 2.98. The van der Waals surface area contributed by atoms with Gasteiger partial charge in [-0.15, -0.1) is 0 Å². The molecular formula is C16H9N5S. The van der Waals surface area contributed by atoms with Gasteiger partial charge in [-0.05, 0) is 23.3 Å². The molecule has 3 aromatic rings. The Balaban J connectivity index is 1.93. The van der Waals surface area contributed by atoms with Crippen LogP contribution < -0.4 is 5.43 Å². The van der Waals surface area contributed by atoms with E-state index in [9.17, 15) is 0 Å². The molecule has 0 aliphatic carbocycles. The molecule has 0 aliphatic rings. The van der Waals surface area contributed by atoms with Crippen molar-refractivity contribution in [1.82, 2.24) is 4.98 Å². The number of nitriles is 2. The molecule has 1 aromatic heterocycles. The van der Waals surface area contributed by atoms with Crippen molar-refractivity contribution in [3.63, 3.8) is 0 Å². The fourth-order valence-electron chi connectivity index (χ4n) is 1.96. The summed E-state index contributed by atoms with van der Waals surface area (Å²) in [5, 5.41) is 21.5. The summed E-state index contributed by atoms with van der Waals surface area (Å²) in [4.78, 5) is 4.37. The van der Waals surface area contributed by atoms with Crippen LogP contribution in [0.3, 0.4) is 0 Å². The molecule has 5 nitrogen and oxygen atoms in total. The van der Waals surface area contributed by atoms with Crippen molar-refractivity contribution in [3.05, 3.63) is 48.5 Å². The van der Waals surface area contributed by atoms with Crippen LogP contribution in [0, 0.1) is 22.7 Å². The lowest BCUT2D eigenvalue weighted by molar-refractivity contribution is 1.30. The molecule has 104 valence electrons. The number of hydrogen-bond donors (Lipinski definition) is 1. The summed E-state index contributed by atoms with van der Waals surface area (Å²) in [6.07, 6.45) is 0. The van der Waals surface area contributed by atoms with Gasteiger partial charge in [-0.3, -0.25) is 5.43 Å². The fraction of sp³-hybridized carbons (Fsp3) is 0. The largest absolute Gasteiger partial charge is 0.251 e. The van der Waals surface area contributed by atoms with Gasteiger partial charge in [0.1, 0.15) is 12.1 Å². The van der Waals surface area contributed by atoms with Crippen molar-refractivity contribution in [3.8, 4) is 23.3 Å². The van der Waals surface area contributed by atoms with E-state index >= 15 is 0 Å². The topological polar surface area (TPSA) is 84.9 Å². The number of hydrogen-bond acceptors (Lipinski definition) is 6. The predicted octanol–water partition coefficient (Wildman–Crippen LogP) is 3.78.